The van der Waals surface area contributed by atoms with E-state index in [4.69, 9.17) is 9.47 Å². The molecule has 1 aliphatic heterocycles. The van der Waals surface area contributed by atoms with E-state index in [-0.39, 0.29) is 5.92 Å². The molecular weight excluding hydrogens is 180 g/mol. The number of carbonyl (C=O) groups excluding carboxylic acids is 1. The molecule has 1 aliphatic rings. The normalized spacial score (nSPS) is 26.6. The maximum atomic E-state index is 11.2. The van der Waals surface area contributed by atoms with Crippen LogP contribution in [-0.4, -0.2) is 18.9 Å². The number of carbonyl (C=O) groups is 1. The van der Waals surface area contributed by atoms with Crippen LogP contribution in [0.1, 0.15) is 20.8 Å². The molecule has 0 bridgehead atoms. The van der Waals surface area contributed by atoms with Crippen molar-refractivity contribution in [2.75, 3.05) is 6.61 Å². The third-order valence-corrected chi connectivity index (χ3v) is 2.36. The van der Waals surface area contributed by atoms with Crippen LogP contribution in [0.15, 0.2) is 23.8 Å². The number of esters is 1. The third-order valence-electron chi connectivity index (χ3n) is 2.36. The summed E-state index contributed by atoms with van der Waals surface area (Å²) in [7, 11) is 0. The van der Waals surface area contributed by atoms with E-state index in [2.05, 4.69) is 6.58 Å². The molecule has 0 saturated carbocycles. The molecule has 0 spiro atoms. The first-order valence-electron chi connectivity index (χ1n) is 4.67. The van der Waals surface area contributed by atoms with Crippen LogP contribution in [0, 0.1) is 5.92 Å². The van der Waals surface area contributed by atoms with Gasteiger partial charge in [-0.05, 0) is 13.8 Å². The predicted octanol–water partition coefficient (Wildman–Crippen LogP) is 2.04. The average molecular weight is 196 g/mol. The Morgan fingerprint density at radius 2 is 2.36 bits per heavy atom. The zero-order valence-corrected chi connectivity index (χ0v) is 8.87. The Labute approximate surface area is 84.4 Å². The molecule has 0 radical (unpaired) electrons. The summed E-state index contributed by atoms with van der Waals surface area (Å²) in [6, 6.07) is 0. The van der Waals surface area contributed by atoms with Gasteiger partial charge in [0.15, 0.2) is 0 Å². The maximum Gasteiger partial charge on any atom is 0.335 e. The van der Waals surface area contributed by atoms with E-state index in [1.807, 2.05) is 19.9 Å². The molecule has 0 fully saturated rings. The summed E-state index contributed by atoms with van der Waals surface area (Å²) in [4.78, 5) is 11.2. The molecule has 3 nitrogen and oxygen atoms in total. The Morgan fingerprint density at radius 1 is 1.71 bits per heavy atom. The van der Waals surface area contributed by atoms with Crippen molar-refractivity contribution in [3.05, 3.63) is 23.8 Å². The Hall–Kier alpha value is -1.09. The highest BCUT2D eigenvalue weighted by Gasteiger charge is 2.26. The lowest BCUT2D eigenvalue weighted by Crippen LogP contribution is -2.32. The molecule has 14 heavy (non-hydrogen) atoms. The van der Waals surface area contributed by atoms with Crippen LogP contribution in [-0.2, 0) is 14.3 Å². The molecule has 0 aliphatic carbocycles. The van der Waals surface area contributed by atoms with Crippen LogP contribution in [0.2, 0.25) is 0 Å². The third kappa shape index (κ3) is 2.45. The van der Waals surface area contributed by atoms with Gasteiger partial charge in [0, 0.05) is 11.5 Å². The first-order chi connectivity index (χ1) is 6.52. The smallest absolute Gasteiger partial charge is 0.335 e. The Kier molecular flexibility index (Phi) is 3.47. The fourth-order valence-corrected chi connectivity index (χ4v) is 1.16. The Balaban J connectivity index is 2.58. The number of hydrogen-bond acceptors (Lipinski definition) is 3. The van der Waals surface area contributed by atoms with Gasteiger partial charge in [-0.2, -0.15) is 0 Å². The standard InChI is InChI=1S/C11H16O3/c1-7(2)10(12)14-11-9(4)8(3)5-6-13-11/h5,9,11H,1,6H2,2-4H3. The Bertz CT molecular complexity index is 278. The Morgan fingerprint density at radius 3 is 2.93 bits per heavy atom. The second-order valence-corrected chi connectivity index (χ2v) is 3.62. The van der Waals surface area contributed by atoms with E-state index in [0.717, 1.165) is 0 Å². The summed E-state index contributed by atoms with van der Waals surface area (Å²) < 4.78 is 10.5. The number of rotatable bonds is 2. The summed E-state index contributed by atoms with van der Waals surface area (Å²) in [5, 5.41) is 0. The first-order valence-corrected chi connectivity index (χ1v) is 4.67. The molecular formula is C11H16O3. The second-order valence-electron chi connectivity index (χ2n) is 3.62. The highest BCUT2D eigenvalue weighted by atomic mass is 16.7. The molecule has 78 valence electrons. The molecule has 0 aromatic rings. The largest absolute Gasteiger partial charge is 0.432 e. The first kappa shape index (κ1) is 11.0. The van der Waals surface area contributed by atoms with E-state index < -0.39 is 12.3 Å². The lowest BCUT2D eigenvalue weighted by atomic mass is 10.0. The van der Waals surface area contributed by atoms with Crippen molar-refractivity contribution in [1.82, 2.24) is 0 Å². The fraction of sp³-hybridized carbons (Fsp3) is 0.545. The minimum atomic E-state index is -0.468. The lowest BCUT2D eigenvalue weighted by molar-refractivity contribution is -0.182. The SMILES string of the molecule is C=C(C)C(=O)OC1OCC=C(C)C1C. The van der Waals surface area contributed by atoms with Crippen molar-refractivity contribution in [3.8, 4) is 0 Å². The molecule has 3 heteroatoms. The predicted molar refractivity (Wildman–Crippen MR) is 53.6 cm³/mol. The zero-order valence-electron chi connectivity index (χ0n) is 8.87. The van der Waals surface area contributed by atoms with Crippen molar-refractivity contribution in [2.45, 2.75) is 27.1 Å². The van der Waals surface area contributed by atoms with Crippen molar-refractivity contribution in [1.29, 1.82) is 0 Å². The minimum absolute atomic E-state index is 0.118. The quantitative estimate of drug-likeness (QED) is 0.385. The molecule has 0 aromatic heterocycles. The van der Waals surface area contributed by atoms with Gasteiger partial charge in [-0.1, -0.05) is 25.2 Å². The molecule has 2 unspecified atom stereocenters. The zero-order chi connectivity index (χ0) is 10.7. The van der Waals surface area contributed by atoms with E-state index in [9.17, 15) is 4.79 Å². The van der Waals surface area contributed by atoms with Gasteiger partial charge >= 0.3 is 5.97 Å². The average Bonchev–Trinajstić information content (AvgIpc) is 2.12. The van der Waals surface area contributed by atoms with Crippen molar-refractivity contribution in [2.24, 2.45) is 5.92 Å². The van der Waals surface area contributed by atoms with Gasteiger partial charge in [-0.25, -0.2) is 4.79 Å². The monoisotopic (exact) mass is 196 g/mol. The topological polar surface area (TPSA) is 35.5 Å². The van der Waals surface area contributed by atoms with E-state index in [1.54, 1.807) is 6.92 Å². The van der Waals surface area contributed by atoms with Crippen LogP contribution in [0.4, 0.5) is 0 Å². The molecule has 0 N–H and O–H groups in total. The van der Waals surface area contributed by atoms with E-state index in [1.165, 1.54) is 5.57 Å². The van der Waals surface area contributed by atoms with Crippen LogP contribution in [0.5, 0.6) is 0 Å². The van der Waals surface area contributed by atoms with Gasteiger partial charge in [-0.15, -0.1) is 0 Å². The van der Waals surface area contributed by atoms with Crippen molar-refractivity contribution >= 4 is 5.97 Å². The van der Waals surface area contributed by atoms with Gasteiger partial charge in [0.1, 0.15) is 0 Å². The summed E-state index contributed by atoms with van der Waals surface area (Å²) in [5.74, 6) is -0.274. The second kappa shape index (κ2) is 4.42. The maximum absolute atomic E-state index is 11.2. The van der Waals surface area contributed by atoms with Crippen molar-refractivity contribution < 1.29 is 14.3 Å². The van der Waals surface area contributed by atoms with Gasteiger partial charge in [-0.3, -0.25) is 0 Å². The van der Waals surface area contributed by atoms with Gasteiger partial charge in [0.2, 0.25) is 6.29 Å². The van der Waals surface area contributed by atoms with Crippen LogP contribution in [0.3, 0.4) is 0 Å². The molecule has 1 heterocycles. The molecule has 0 saturated heterocycles. The van der Waals surface area contributed by atoms with Crippen LogP contribution < -0.4 is 0 Å². The van der Waals surface area contributed by atoms with Gasteiger partial charge in [0.05, 0.1) is 6.61 Å². The molecule has 2 atom stereocenters. The highest BCUT2D eigenvalue weighted by molar-refractivity contribution is 5.87. The summed E-state index contributed by atoms with van der Waals surface area (Å²) in [5.41, 5.74) is 1.59. The van der Waals surface area contributed by atoms with E-state index in [0.29, 0.717) is 12.2 Å². The highest BCUT2D eigenvalue weighted by Crippen LogP contribution is 2.22. The van der Waals surface area contributed by atoms with Crippen molar-refractivity contribution in [3.63, 3.8) is 0 Å². The van der Waals surface area contributed by atoms with Gasteiger partial charge in [0.25, 0.3) is 0 Å². The fourth-order valence-electron chi connectivity index (χ4n) is 1.16. The number of ether oxygens (including phenoxy) is 2. The van der Waals surface area contributed by atoms with Gasteiger partial charge < -0.3 is 9.47 Å². The van der Waals surface area contributed by atoms with E-state index >= 15 is 0 Å². The molecule has 0 amide bonds. The lowest BCUT2D eigenvalue weighted by Gasteiger charge is -2.28. The summed E-state index contributed by atoms with van der Waals surface area (Å²) in [6.07, 6.45) is 1.53. The minimum Gasteiger partial charge on any atom is -0.432 e. The van der Waals surface area contributed by atoms with Crippen LogP contribution in [0.25, 0.3) is 0 Å². The molecule has 0 aromatic carbocycles. The summed E-state index contributed by atoms with van der Waals surface area (Å²) in [6.45, 7) is 9.63. The number of hydrogen-bond donors (Lipinski definition) is 0. The van der Waals surface area contributed by atoms with Crippen LogP contribution >= 0.6 is 0 Å². The summed E-state index contributed by atoms with van der Waals surface area (Å²) >= 11 is 0. The molecule has 1 rings (SSSR count).